The van der Waals surface area contributed by atoms with E-state index in [1.165, 1.54) is 4.90 Å². The third-order valence-electron chi connectivity index (χ3n) is 3.51. The number of aliphatic hydroxyl groups excluding tert-OH is 2. The molecule has 0 bridgehead atoms. The fourth-order valence-electron chi connectivity index (χ4n) is 2.59. The van der Waals surface area contributed by atoms with Crippen molar-refractivity contribution in [3.8, 4) is 0 Å². The lowest BCUT2D eigenvalue weighted by molar-refractivity contribution is 0.0188. The van der Waals surface area contributed by atoms with Gasteiger partial charge < -0.3 is 15.9 Å². The fraction of sp³-hybridized carbons (Fsp3) is 0.133. The molecule has 0 aliphatic carbocycles. The molecule has 4 N–H and O–H groups in total. The third-order valence-corrected chi connectivity index (χ3v) is 3.51. The number of aliphatic hydroxyl groups is 2. The highest BCUT2D eigenvalue weighted by molar-refractivity contribution is 6.00. The molecule has 2 atom stereocenters. The Balaban J connectivity index is 2.33. The highest BCUT2D eigenvalue weighted by Gasteiger charge is 2.33. The normalized spacial score (nSPS) is 20.8. The minimum atomic E-state index is -1.11. The number of hydrogen-bond acceptors (Lipinski definition) is 3. The predicted molar refractivity (Wildman–Crippen MR) is 74.5 cm³/mol. The second-order valence-corrected chi connectivity index (χ2v) is 4.68. The van der Waals surface area contributed by atoms with Crippen molar-refractivity contribution in [2.24, 2.45) is 5.73 Å². The highest BCUT2D eigenvalue weighted by Crippen LogP contribution is 2.44. The van der Waals surface area contributed by atoms with Crippen LogP contribution in [-0.4, -0.2) is 16.2 Å². The average molecular weight is 270 g/mol. The van der Waals surface area contributed by atoms with E-state index in [0.29, 0.717) is 22.5 Å². The van der Waals surface area contributed by atoms with E-state index in [1.54, 1.807) is 48.5 Å². The van der Waals surface area contributed by atoms with Crippen LogP contribution in [0.15, 0.2) is 48.5 Å². The molecule has 0 aromatic heterocycles. The number of anilines is 2. The molecule has 1 heterocycles. The molecule has 3 rings (SSSR count). The Morgan fingerprint density at radius 2 is 1.30 bits per heavy atom. The van der Waals surface area contributed by atoms with Crippen molar-refractivity contribution in [3.05, 3.63) is 59.7 Å². The Morgan fingerprint density at radius 3 is 1.70 bits per heavy atom. The standard InChI is InChI=1S/C15H14N2O3/c16-15(20)17-11-7-3-1-5-9(11)13(18)14(19)10-6-2-4-8-12(10)17/h1-8,13-14,18-19H,(H2,16,20)/t13-,14?/m0/s1. The van der Waals surface area contributed by atoms with Gasteiger partial charge in [-0.2, -0.15) is 0 Å². The lowest BCUT2D eigenvalue weighted by atomic mass is 9.99. The Labute approximate surface area is 115 Å². The molecule has 102 valence electrons. The van der Waals surface area contributed by atoms with Crippen LogP contribution in [0.25, 0.3) is 0 Å². The maximum Gasteiger partial charge on any atom is 0.323 e. The van der Waals surface area contributed by atoms with E-state index in [0.717, 1.165) is 0 Å². The van der Waals surface area contributed by atoms with E-state index < -0.39 is 18.2 Å². The number of amides is 2. The quantitative estimate of drug-likeness (QED) is 0.684. The summed E-state index contributed by atoms with van der Waals surface area (Å²) in [5, 5.41) is 20.7. The molecule has 0 saturated carbocycles. The number of nitrogens with two attached hydrogens (primary N) is 1. The lowest BCUT2D eigenvalue weighted by Gasteiger charge is -2.22. The summed E-state index contributed by atoms with van der Waals surface area (Å²) in [6.45, 7) is 0. The maximum atomic E-state index is 11.8. The molecule has 20 heavy (non-hydrogen) atoms. The van der Waals surface area contributed by atoms with Gasteiger partial charge in [0, 0.05) is 11.1 Å². The minimum absolute atomic E-state index is 0.468. The Bertz CT molecular complexity index is 620. The van der Waals surface area contributed by atoms with Crippen LogP contribution in [0.4, 0.5) is 16.2 Å². The van der Waals surface area contributed by atoms with Gasteiger partial charge in [0.1, 0.15) is 12.2 Å². The zero-order chi connectivity index (χ0) is 14.3. The Kier molecular flexibility index (Phi) is 2.93. The largest absolute Gasteiger partial charge is 0.385 e. The summed E-state index contributed by atoms with van der Waals surface area (Å²) >= 11 is 0. The molecular formula is C15H14N2O3. The molecular weight excluding hydrogens is 256 g/mol. The number of rotatable bonds is 0. The molecule has 2 aromatic carbocycles. The van der Waals surface area contributed by atoms with Crippen LogP contribution >= 0.6 is 0 Å². The van der Waals surface area contributed by atoms with Crippen molar-refractivity contribution in [2.75, 3.05) is 4.90 Å². The zero-order valence-electron chi connectivity index (χ0n) is 10.6. The zero-order valence-corrected chi connectivity index (χ0v) is 10.6. The van der Waals surface area contributed by atoms with Gasteiger partial charge in [-0.1, -0.05) is 36.4 Å². The van der Waals surface area contributed by atoms with Gasteiger partial charge in [0.15, 0.2) is 0 Å². The monoisotopic (exact) mass is 270 g/mol. The number of para-hydroxylation sites is 2. The first kappa shape index (κ1) is 12.7. The summed E-state index contributed by atoms with van der Waals surface area (Å²) in [5.74, 6) is 0. The Morgan fingerprint density at radius 1 is 0.900 bits per heavy atom. The van der Waals surface area contributed by atoms with Gasteiger partial charge in [0.05, 0.1) is 11.4 Å². The third kappa shape index (κ3) is 1.76. The number of nitrogens with zero attached hydrogens (tertiary/aromatic N) is 1. The SMILES string of the molecule is NC(=O)N1c2ccccc2C(O)[C@@H](O)c2ccccc21. The summed E-state index contributed by atoms with van der Waals surface area (Å²) in [6, 6.07) is 13.1. The molecule has 1 aliphatic heterocycles. The van der Waals surface area contributed by atoms with Crippen LogP contribution in [0, 0.1) is 0 Å². The van der Waals surface area contributed by atoms with Crippen molar-refractivity contribution >= 4 is 17.4 Å². The van der Waals surface area contributed by atoms with E-state index >= 15 is 0 Å². The number of urea groups is 1. The van der Waals surface area contributed by atoms with Crippen molar-refractivity contribution < 1.29 is 15.0 Å². The molecule has 0 saturated heterocycles. The van der Waals surface area contributed by atoms with E-state index in [9.17, 15) is 15.0 Å². The number of primary amides is 1. The average Bonchev–Trinajstić information content (AvgIpc) is 2.55. The molecule has 0 spiro atoms. The van der Waals surface area contributed by atoms with Gasteiger partial charge in [-0.15, -0.1) is 0 Å². The van der Waals surface area contributed by atoms with Gasteiger partial charge >= 0.3 is 6.03 Å². The van der Waals surface area contributed by atoms with Gasteiger partial charge in [-0.25, -0.2) is 4.79 Å². The summed E-state index contributed by atoms with van der Waals surface area (Å²) in [5.41, 5.74) is 7.38. The van der Waals surface area contributed by atoms with Crippen molar-refractivity contribution in [3.63, 3.8) is 0 Å². The molecule has 5 heteroatoms. The van der Waals surface area contributed by atoms with Gasteiger partial charge in [-0.3, -0.25) is 4.90 Å². The Hall–Kier alpha value is -2.37. The van der Waals surface area contributed by atoms with Crippen LogP contribution in [0.2, 0.25) is 0 Å². The molecule has 0 radical (unpaired) electrons. The molecule has 2 aromatic rings. The smallest absolute Gasteiger partial charge is 0.323 e. The fourth-order valence-corrected chi connectivity index (χ4v) is 2.59. The summed E-state index contributed by atoms with van der Waals surface area (Å²) in [4.78, 5) is 13.1. The van der Waals surface area contributed by atoms with Gasteiger partial charge in [0.25, 0.3) is 0 Å². The molecule has 5 nitrogen and oxygen atoms in total. The molecule has 1 unspecified atom stereocenters. The van der Waals surface area contributed by atoms with Crippen LogP contribution in [0.3, 0.4) is 0 Å². The highest BCUT2D eigenvalue weighted by atomic mass is 16.3. The second-order valence-electron chi connectivity index (χ2n) is 4.68. The van der Waals surface area contributed by atoms with Gasteiger partial charge in [0.2, 0.25) is 0 Å². The summed E-state index contributed by atoms with van der Waals surface area (Å²) < 4.78 is 0. The number of hydrogen-bond donors (Lipinski definition) is 3. The van der Waals surface area contributed by atoms with E-state index in [2.05, 4.69) is 0 Å². The number of carbonyl (C=O) groups is 1. The van der Waals surface area contributed by atoms with E-state index in [4.69, 9.17) is 5.73 Å². The van der Waals surface area contributed by atoms with Crippen molar-refractivity contribution in [1.82, 2.24) is 0 Å². The number of carbonyl (C=O) groups excluding carboxylic acids is 1. The molecule has 2 amide bonds. The first-order chi connectivity index (χ1) is 9.61. The van der Waals surface area contributed by atoms with Gasteiger partial charge in [-0.05, 0) is 12.1 Å². The first-order valence-electron chi connectivity index (χ1n) is 6.25. The molecule has 0 fully saturated rings. The predicted octanol–water partition coefficient (Wildman–Crippen LogP) is 1.98. The van der Waals surface area contributed by atoms with E-state index in [-0.39, 0.29) is 0 Å². The molecule has 1 aliphatic rings. The number of benzene rings is 2. The van der Waals surface area contributed by atoms with Crippen molar-refractivity contribution in [2.45, 2.75) is 12.2 Å². The summed E-state index contributed by atoms with van der Waals surface area (Å²) in [6.07, 6.45) is -2.23. The minimum Gasteiger partial charge on any atom is -0.385 e. The first-order valence-corrected chi connectivity index (χ1v) is 6.25. The van der Waals surface area contributed by atoms with Crippen molar-refractivity contribution in [1.29, 1.82) is 0 Å². The maximum absolute atomic E-state index is 11.8. The lowest BCUT2D eigenvalue weighted by Crippen LogP contribution is -2.32. The second kappa shape index (κ2) is 4.63. The van der Waals surface area contributed by atoms with Crippen LogP contribution in [-0.2, 0) is 0 Å². The topological polar surface area (TPSA) is 86.8 Å². The summed E-state index contributed by atoms with van der Waals surface area (Å²) in [7, 11) is 0. The van der Waals surface area contributed by atoms with Crippen LogP contribution in [0.1, 0.15) is 23.3 Å². The van der Waals surface area contributed by atoms with Crippen LogP contribution < -0.4 is 10.6 Å². The van der Waals surface area contributed by atoms with E-state index in [1.807, 2.05) is 0 Å². The van der Waals surface area contributed by atoms with Crippen LogP contribution in [0.5, 0.6) is 0 Å². The number of fused-ring (bicyclic) bond motifs is 2.